The van der Waals surface area contributed by atoms with Crippen molar-refractivity contribution in [2.45, 2.75) is 13.8 Å². The van der Waals surface area contributed by atoms with E-state index < -0.39 is 0 Å². The lowest BCUT2D eigenvalue weighted by molar-refractivity contribution is 0.101. The molecule has 1 heterocycles. The number of Topliss-reactive ketones (excluding diaryl/α,β-unsaturated/α-hetero) is 1. The maximum atomic E-state index is 12.3. The number of ether oxygens (including phenoxy) is 3. The quantitative estimate of drug-likeness (QED) is 0.569. The van der Waals surface area contributed by atoms with E-state index in [1.807, 2.05) is 55.5 Å². The molecule has 0 bridgehead atoms. The van der Waals surface area contributed by atoms with Crippen molar-refractivity contribution in [3.63, 3.8) is 0 Å². The van der Waals surface area contributed by atoms with E-state index in [0.717, 1.165) is 27.7 Å². The van der Waals surface area contributed by atoms with E-state index in [1.165, 1.54) is 0 Å². The average molecular weight is 377 g/mol. The third-order valence-corrected chi connectivity index (χ3v) is 4.60. The molecule has 3 rings (SSSR count). The van der Waals surface area contributed by atoms with Crippen LogP contribution in [0.4, 0.5) is 0 Å². The van der Waals surface area contributed by atoms with Gasteiger partial charge in [0.15, 0.2) is 17.3 Å². The second-order valence-corrected chi connectivity index (χ2v) is 6.35. The Balaban J connectivity index is 2.19. The van der Waals surface area contributed by atoms with E-state index in [0.29, 0.717) is 22.8 Å². The number of rotatable bonds is 6. The third kappa shape index (κ3) is 3.56. The molecule has 0 aliphatic rings. The number of para-hydroxylation sites is 1. The maximum Gasteiger partial charge on any atom is 0.203 e. The van der Waals surface area contributed by atoms with Gasteiger partial charge >= 0.3 is 0 Å². The monoisotopic (exact) mass is 377 g/mol. The SMILES string of the molecule is COc1cc(/C=C/c2c(C(C)=O)c(C)nc3ccccc23)cc(OC)c1OC. The molecule has 2 aromatic carbocycles. The summed E-state index contributed by atoms with van der Waals surface area (Å²) in [5.41, 5.74) is 3.92. The van der Waals surface area contributed by atoms with Gasteiger partial charge in [-0.15, -0.1) is 0 Å². The molecule has 0 radical (unpaired) electrons. The highest BCUT2D eigenvalue weighted by Gasteiger charge is 2.15. The van der Waals surface area contributed by atoms with E-state index in [4.69, 9.17) is 14.2 Å². The van der Waals surface area contributed by atoms with Crippen LogP contribution in [0.1, 0.15) is 34.1 Å². The predicted octanol–water partition coefficient (Wildman–Crippen LogP) is 4.94. The number of nitrogens with zero attached hydrogens (tertiary/aromatic N) is 1. The molecule has 0 saturated carbocycles. The first-order chi connectivity index (χ1) is 13.5. The van der Waals surface area contributed by atoms with Gasteiger partial charge in [-0.05, 0) is 43.2 Å². The summed E-state index contributed by atoms with van der Waals surface area (Å²) in [7, 11) is 4.73. The highest BCUT2D eigenvalue weighted by Crippen LogP contribution is 2.38. The minimum atomic E-state index is -0.0136. The van der Waals surface area contributed by atoms with Crippen LogP contribution in [0.15, 0.2) is 36.4 Å². The first-order valence-corrected chi connectivity index (χ1v) is 8.88. The zero-order valence-corrected chi connectivity index (χ0v) is 16.7. The first kappa shape index (κ1) is 19.4. The fourth-order valence-corrected chi connectivity index (χ4v) is 3.36. The normalized spacial score (nSPS) is 11.0. The lowest BCUT2D eigenvalue weighted by Gasteiger charge is -2.13. The molecule has 0 aliphatic heterocycles. The van der Waals surface area contributed by atoms with Crippen molar-refractivity contribution in [2.75, 3.05) is 21.3 Å². The fourth-order valence-electron chi connectivity index (χ4n) is 3.36. The van der Waals surface area contributed by atoms with E-state index in [9.17, 15) is 4.79 Å². The Morgan fingerprint density at radius 3 is 2.18 bits per heavy atom. The minimum absolute atomic E-state index is 0.0136. The van der Waals surface area contributed by atoms with Crippen LogP contribution in [0.2, 0.25) is 0 Å². The molecular weight excluding hydrogens is 354 g/mol. The second kappa shape index (κ2) is 8.13. The van der Waals surface area contributed by atoms with Crippen LogP contribution in [-0.2, 0) is 0 Å². The van der Waals surface area contributed by atoms with Crippen molar-refractivity contribution in [1.82, 2.24) is 4.98 Å². The van der Waals surface area contributed by atoms with Gasteiger partial charge in [0.05, 0.1) is 26.8 Å². The number of ketones is 1. The molecule has 0 amide bonds. The molecule has 0 aliphatic carbocycles. The molecule has 0 N–H and O–H groups in total. The first-order valence-electron chi connectivity index (χ1n) is 8.88. The number of aryl methyl sites for hydroxylation is 1. The van der Waals surface area contributed by atoms with Crippen LogP contribution in [0, 0.1) is 6.92 Å². The standard InChI is InChI=1S/C23H23NO4/c1-14-22(15(2)25)18(17-8-6-7-9-19(17)24-14)11-10-16-12-20(26-3)23(28-5)21(13-16)27-4/h6-13H,1-5H3/b11-10+. The van der Waals surface area contributed by atoms with Gasteiger partial charge in [0, 0.05) is 16.6 Å². The third-order valence-electron chi connectivity index (χ3n) is 4.60. The van der Waals surface area contributed by atoms with Gasteiger partial charge in [-0.1, -0.05) is 30.4 Å². The molecular formula is C23H23NO4. The summed E-state index contributed by atoms with van der Waals surface area (Å²) >= 11 is 0. The Morgan fingerprint density at radius 2 is 1.61 bits per heavy atom. The second-order valence-electron chi connectivity index (χ2n) is 6.35. The summed E-state index contributed by atoms with van der Waals surface area (Å²) in [5, 5.41) is 0.932. The Bertz CT molecular complexity index is 1040. The smallest absolute Gasteiger partial charge is 0.203 e. The van der Waals surface area contributed by atoms with Gasteiger partial charge in [0.25, 0.3) is 0 Å². The van der Waals surface area contributed by atoms with E-state index in [2.05, 4.69) is 4.98 Å². The minimum Gasteiger partial charge on any atom is -0.493 e. The lowest BCUT2D eigenvalue weighted by atomic mass is 9.97. The zero-order chi connectivity index (χ0) is 20.3. The average Bonchev–Trinajstić information content (AvgIpc) is 2.70. The number of hydrogen-bond acceptors (Lipinski definition) is 5. The van der Waals surface area contributed by atoms with Crippen LogP contribution >= 0.6 is 0 Å². The molecule has 1 aromatic heterocycles. The van der Waals surface area contributed by atoms with Gasteiger partial charge in [-0.2, -0.15) is 0 Å². The number of carbonyl (C=O) groups excluding carboxylic acids is 1. The fraction of sp³-hybridized carbons (Fsp3) is 0.217. The molecule has 5 nitrogen and oxygen atoms in total. The van der Waals surface area contributed by atoms with E-state index >= 15 is 0 Å². The van der Waals surface area contributed by atoms with Crippen LogP contribution in [0.5, 0.6) is 17.2 Å². The molecule has 0 saturated heterocycles. The maximum absolute atomic E-state index is 12.3. The van der Waals surface area contributed by atoms with Gasteiger partial charge < -0.3 is 14.2 Å². The molecule has 5 heteroatoms. The molecule has 144 valence electrons. The summed E-state index contributed by atoms with van der Waals surface area (Å²) in [6, 6.07) is 11.5. The van der Waals surface area contributed by atoms with Crippen LogP contribution in [0.25, 0.3) is 23.1 Å². The van der Waals surface area contributed by atoms with E-state index in [-0.39, 0.29) is 5.78 Å². The van der Waals surface area contributed by atoms with Crippen LogP contribution in [0.3, 0.4) is 0 Å². The van der Waals surface area contributed by atoms with Crippen LogP contribution in [-0.4, -0.2) is 32.1 Å². The van der Waals surface area contributed by atoms with Crippen molar-refractivity contribution in [3.8, 4) is 17.2 Å². The molecule has 0 atom stereocenters. The largest absolute Gasteiger partial charge is 0.493 e. The number of carbonyl (C=O) groups is 1. The topological polar surface area (TPSA) is 57.7 Å². The summed E-state index contributed by atoms with van der Waals surface area (Å²) in [4.78, 5) is 16.9. The Hall–Kier alpha value is -3.34. The summed E-state index contributed by atoms with van der Waals surface area (Å²) in [6.07, 6.45) is 3.87. The number of hydrogen-bond donors (Lipinski definition) is 0. The molecule has 3 aromatic rings. The number of benzene rings is 2. The number of pyridine rings is 1. The molecule has 0 unspecified atom stereocenters. The molecule has 28 heavy (non-hydrogen) atoms. The zero-order valence-electron chi connectivity index (χ0n) is 16.7. The van der Waals surface area contributed by atoms with Gasteiger partial charge in [0.2, 0.25) is 5.75 Å². The van der Waals surface area contributed by atoms with Crippen molar-refractivity contribution in [1.29, 1.82) is 0 Å². The summed E-state index contributed by atoms with van der Waals surface area (Å²) in [5.74, 6) is 1.67. The number of methoxy groups -OCH3 is 3. The van der Waals surface area contributed by atoms with Crippen molar-refractivity contribution in [3.05, 3.63) is 58.8 Å². The lowest BCUT2D eigenvalue weighted by Crippen LogP contribution is -2.03. The van der Waals surface area contributed by atoms with Gasteiger partial charge in [-0.3, -0.25) is 9.78 Å². The van der Waals surface area contributed by atoms with Crippen LogP contribution < -0.4 is 14.2 Å². The Morgan fingerprint density at radius 1 is 0.964 bits per heavy atom. The Labute approximate surface area is 164 Å². The van der Waals surface area contributed by atoms with Crippen molar-refractivity contribution >= 4 is 28.8 Å². The highest BCUT2D eigenvalue weighted by atomic mass is 16.5. The van der Waals surface area contributed by atoms with Crippen molar-refractivity contribution in [2.24, 2.45) is 0 Å². The molecule has 0 spiro atoms. The predicted molar refractivity (Wildman–Crippen MR) is 112 cm³/mol. The molecule has 0 fully saturated rings. The summed E-state index contributed by atoms with van der Waals surface area (Å²) in [6.45, 7) is 3.43. The highest BCUT2D eigenvalue weighted by molar-refractivity contribution is 6.05. The van der Waals surface area contributed by atoms with Gasteiger partial charge in [-0.25, -0.2) is 0 Å². The van der Waals surface area contributed by atoms with E-state index in [1.54, 1.807) is 28.3 Å². The number of aromatic nitrogens is 1. The number of fused-ring (bicyclic) bond motifs is 1. The summed E-state index contributed by atoms with van der Waals surface area (Å²) < 4.78 is 16.2. The Kier molecular flexibility index (Phi) is 5.64. The van der Waals surface area contributed by atoms with Gasteiger partial charge in [0.1, 0.15) is 0 Å². The van der Waals surface area contributed by atoms with Crippen molar-refractivity contribution < 1.29 is 19.0 Å².